The van der Waals surface area contributed by atoms with Crippen molar-refractivity contribution in [2.24, 2.45) is 0 Å². The second kappa shape index (κ2) is 6.20. The summed E-state index contributed by atoms with van der Waals surface area (Å²) in [6.45, 7) is 7.22. The van der Waals surface area contributed by atoms with Crippen LogP contribution in [0.15, 0.2) is 6.33 Å². The van der Waals surface area contributed by atoms with Crippen molar-refractivity contribution >= 4 is 11.7 Å². The van der Waals surface area contributed by atoms with Crippen molar-refractivity contribution in [3.63, 3.8) is 0 Å². The van der Waals surface area contributed by atoms with E-state index in [-0.39, 0.29) is 11.8 Å². The lowest BCUT2D eigenvalue weighted by Crippen LogP contribution is -2.49. The Balaban J connectivity index is 1.74. The average Bonchev–Trinajstić information content (AvgIpc) is 2.83. The van der Waals surface area contributed by atoms with E-state index >= 15 is 0 Å². The summed E-state index contributed by atoms with van der Waals surface area (Å²) < 4.78 is 0. The van der Waals surface area contributed by atoms with Crippen molar-refractivity contribution in [3.8, 4) is 0 Å². The number of aromatic nitrogens is 2. The predicted molar refractivity (Wildman–Crippen MR) is 83.7 cm³/mol. The number of fused-ring (bicyclic) bond motifs is 1. The van der Waals surface area contributed by atoms with Gasteiger partial charge in [0, 0.05) is 38.2 Å². The summed E-state index contributed by atoms with van der Waals surface area (Å²) >= 11 is 0. The van der Waals surface area contributed by atoms with Crippen LogP contribution in [0.25, 0.3) is 0 Å². The van der Waals surface area contributed by atoms with Crippen molar-refractivity contribution in [3.05, 3.63) is 17.6 Å². The fourth-order valence-corrected chi connectivity index (χ4v) is 3.49. The molecule has 0 saturated carbocycles. The zero-order valence-electron chi connectivity index (χ0n) is 13.3. The Kier molecular flexibility index (Phi) is 4.29. The van der Waals surface area contributed by atoms with E-state index in [1.165, 1.54) is 0 Å². The number of hydrogen-bond acceptors (Lipinski definition) is 5. The van der Waals surface area contributed by atoms with E-state index in [4.69, 9.17) is 0 Å². The maximum absolute atomic E-state index is 12.0. The molecule has 0 spiro atoms. The molecule has 120 valence electrons. The topological polar surface area (TPSA) is 69.6 Å². The maximum Gasteiger partial charge on any atom is 0.222 e. The first-order chi connectivity index (χ1) is 10.6. The van der Waals surface area contributed by atoms with Crippen LogP contribution in [-0.2, 0) is 4.79 Å². The van der Waals surface area contributed by atoms with Crippen LogP contribution in [0.3, 0.4) is 0 Å². The minimum atomic E-state index is -0.473. The normalized spacial score (nSPS) is 24.5. The van der Waals surface area contributed by atoms with Gasteiger partial charge in [-0.05, 0) is 18.8 Å². The lowest BCUT2D eigenvalue weighted by atomic mass is 10.1. The molecular formula is C16H24N4O2. The molecule has 6 heteroatoms. The third-order valence-electron chi connectivity index (χ3n) is 4.67. The van der Waals surface area contributed by atoms with Gasteiger partial charge in [0.15, 0.2) is 0 Å². The molecule has 1 aliphatic heterocycles. The Morgan fingerprint density at radius 2 is 2.05 bits per heavy atom. The quantitative estimate of drug-likeness (QED) is 0.915. The summed E-state index contributed by atoms with van der Waals surface area (Å²) in [7, 11) is 0. The number of amides is 1. The number of nitrogens with zero attached hydrogens (tertiary/aromatic N) is 4. The van der Waals surface area contributed by atoms with E-state index in [9.17, 15) is 9.90 Å². The molecule has 2 atom stereocenters. The van der Waals surface area contributed by atoms with E-state index in [1.807, 2.05) is 11.8 Å². The Bertz CT molecular complexity index is 555. The maximum atomic E-state index is 12.0. The van der Waals surface area contributed by atoms with E-state index in [1.54, 1.807) is 6.33 Å². The van der Waals surface area contributed by atoms with Gasteiger partial charge in [-0.2, -0.15) is 0 Å². The van der Waals surface area contributed by atoms with Gasteiger partial charge in [-0.1, -0.05) is 13.8 Å². The lowest BCUT2D eigenvalue weighted by Gasteiger charge is -2.36. The van der Waals surface area contributed by atoms with Gasteiger partial charge in [0.25, 0.3) is 0 Å². The zero-order valence-corrected chi connectivity index (χ0v) is 13.3. The van der Waals surface area contributed by atoms with Crippen LogP contribution in [0, 0.1) is 0 Å². The van der Waals surface area contributed by atoms with Crippen LogP contribution >= 0.6 is 0 Å². The number of piperazine rings is 1. The van der Waals surface area contributed by atoms with Crippen LogP contribution < -0.4 is 4.90 Å². The number of rotatable bonds is 3. The summed E-state index contributed by atoms with van der Waals surface area (Å²) in [5, 5.41) is 10.1. The highest BCUT2D eigenvalue weighted by Crippen LogP contribution is 2.42. The van der Waals surface area contributed by atoms with E-state index < -0.39 is 6.10 Å². The monoisotopic (exact) mass is 304 g/mol. The molecule has 6 nitrogen and oxygen atoms in total. The third-order valence-corrected chi connectivity index (χ3v) is 4.67. The molecule has 1 aromatic heterocycles. The minimum Gasteiger partial charge on any atom is -0.387 e. The van der Waals surface area contributed by atoms with Crippen LogP contribution in [0.2, 0.25) is 0 Å². The van der Waals surface area contributed by atoms with Gasteiger partial charge in [0.05, 0.1) is 11.8 Å². The molecule has 1 aromatic rings. The number of carbonyl (C=O) groups is 1. The standard InChI is InChI=1S/C16H24N4O2/c1-3-4-13(22)19-5-7-20(8-6-19)16-14-11(2)9-12(21)15(14)17-10-18-16/h10-12,21H,3-9H2,1-2H3/t11-,12-/m1/s1. The van der Waals surface area contributed by atoms with E-state index in [0.717, 1.165) is 56.1 Å². The Morgan fingerprint density at radius 1 is 1.32 bits per heavy atom. The second-order valence-electron chi connectivity index (χ2n) is 6.27. The molecule has 22 heavy (non-hydrogen) atoms. The molecule has 1 N–H and O–H groups in total. The SMILES string of the molecule is CCCC(=O)N1CCN(c2ncnc3c2[C@H](C)C[C@H]3O)CC1. The fourth-order valence-electron chi connectivity index (χ4n) is 3.49. The van der Waals surface area contributed by atoms with E-state index in [2.05, 4.69) is 21.8 Å². The van der Waals surface area contributed by atoms with Gasteiger partial charge >= 0.3 is 0 Å². The van der Waals surface area contributed by atoms with Crippen molar-refractivity contribution < 1.29 is 9.90 Å². The molecule has 0 bridgehead atoms. The fraction of sp³-hybridized carbons (Fsp3) is 0.688. The van der Waals surface area contributed by atoms with E-state index in [0.29, 0.717) is 6.42 Å². The predicted octanol–water partition coefficient (Wildman–Crippen LogP) is 1.47. The first-order valence-corrected chi connectivity index (χ1v) is 8.17. The molecule has 1 aliphatic carbocycles. The summed E-state index contributed by atoms with van der Waals surface area (Å²) in [5.41, 5.74) is 1.87. The van der Waals surface area contributed by atoms with Crippen molar-refractivity contribution in [1.29, 1.82) is 0 Å². The second-order valence-corrected chi connectivity index (χ2v) is 6.27. The highest BCUT2D eigenvalue weighted by molar-refractivity contribution is 5.76. The zero-order chi connectivity index (χ0) is 15.7. The molecule has 1 fully saturated rings. The molecule has 2 aliphatic rings. The molecule has 3 rings (SSSR count). The van der Waals surface area contributed by atoms with Crippen molar-refractivity contribution in [1.82, 2.24) is 14.9 Å². The molecule has 1 saturated heterocycles. The van der Waals surface area contributed by atoms with Crippen molar-refractivity contribution in [2.75, 3.05) is 31.1 Å². The number of aliphatic hydroxyl groups is 1. The molecule has 1 amide bonds. The van der Waals surface area contributed by atoms with Gasteiger partial charge in [-0.15, -0.1) is 0 Å². The van der Waals surface area contributed by atoms with Crippen LogP contribution in [0.4, 0.5) is 5.82 Å². The molecule has 2 heterocycles. The summed E-state index contributed by atoms with van der Waals surface area (Å²) in [6.07, 6.45) is 3.32. The average molecular weight is 304 g/mol. The lowest BCUT2D eigenvalue weighted by molar-refractivity contribution is -0.131. The number of carbonyl (C=O) groups excluding carboxylic acids is 1. The molecular weight excluding hydrogens is 280 g/mol. The summed E-state index contributed by atoms with van der Waals surface area (Å²) in [6, 6.07) is 0. The highest BCUT2D eigenvalue weighted by Gasteiger charge is 2.33. The van der Waals surface area contributed by atoms with Crippen LogP contribution in [-0.4, -0.2) is 52.1 Å². The van der Waals surface area contributed by atoms with Gasteiger partial charge in [0.2, 0.25) is 5.91 Å². The van der Waals surface area contributed by atoms with Gasteiger partial charge in [-0.25, -0.2) is 9.97 Å². The number of aliphatic hydroxyl groups excluding tert-OH is 1. The largest absolute Gasteiger partial charge is 0.387 e. The van der Waals surface area contributed by atoms with Gasteiger partial charge < -0.3 is 14.9 Å². The Morgan fingerprint density at radius 3 is 2.73 bits per heavy atom. The molecule has 0 aromatic carbocycles. The first-order valence-electron chi connectivity index (χ1n) is 8.17. The molecule has 0 radical (unpaired) electrons. The summed E-state index contributed by atoms with van der Waals surface area (Å²) in [5.74, 6) is 1.47. The van der Waals surface area contributed by atoms with Crippen molar-refractivity contribution in [2.45, 2.75) is 45.1 Å². The highest BCUT2D eigenvalue weighted by atomic mass is 16.3. The Hall–Kier alpha value is -1.69. The Labute approximate surface area is 131 Å². The molecule has 0 unspecified atom stereocenters. The summed E-state index contributed by atoms with van der Waals surface area (Å²) in [4.78, 5) is 24.9. The first kappa shape index (κ1) is 15.2. The van der Waals surface area contributed by atoms with Gasteiger partial charge in [-0.3, -0.25) is 4.79 Å². The van der Waals surface area contributed by atoms with Gasteiger partial charge in [0.1, 0.15) is 12.1 Å². The van der Waals surface area contributed by atoms with Crippen LogP contribution in [0.5, 0.6) is 0 Å². The minimum absolute atomic E-state index is 0.249. The number of anilines is 1. The third kappa shape index (κ3) is 2.67. The smallest absolute Gasteiger partial charge is 0.222 e. The number of hydrogen-bond donors (Lipinski definition) is 1. The van der Waals surface area contributed by atoms with Crippen LogP contribution in [0.1, 0.15) is 56.4 Å².